The van der Waals surface area contributed by atoms with E-state index in [1.54, 1.807) is 24.5 Å². The van der Waals surface area contributed by atoms with E-state index in [2.05, 4.69) is 4.90 Å². The smallest absolute Gasteiger partial charge is 0.335 e. The van der Waals surface area contributed by atoms with Crippen LogP contribution in [0.1, 0.15) is 34.5 Å². The Bertz CT molecular complexity index is 632. The molecule has 0 bridgehead atoms. The predicted molar refractivity (Wildman–Crippen MR) is 85.2 cm³/mol. The monoisotopic (exact) mass is 315 g/mol. The van der Waals surface area contributed by atoms with Gasteiger partial charge in [0.2, 0.25) is 0 Å². The largest absolute Gasteiger partial charge is 0.478 e. The Morgan fingerprint density at radius 1 is 1.26 bits per heavy atom. The lowest BCUT2D eigenvalue weighted by Gasteiger charge is -2.24. The minimum absolute atomic E-state index is 0.243. The van der Waals surface area contributed by atoms with Crippen LogP contribution < -0.4 is 0 Å². The molecule has 0 spiro atoms. The van der Waals surface area contributed by atoms with Gasteiger partial charge in [-0.05, 0) is 42.7 Å². The maximum atomic E-state index is 11.1. The topological polar surface area (TPSA) is 62.9 Å². The van der Waals surface area contributed by atoms with Crippen molar-refractivity contribution >= 4 is 5.97 Å². The number of carboxylic acids is 1. The Morgan fingerprint density at radius 2 is 2.17 bits per heavy atom. The van der Waals surface area contributed by atoms with Crippen LogP contribution in [0.5, 0.6) is 0 Å². The van der Waals surface area contributed by atoms with E-state index in [1.807, 2.05) is 18.2 Å². The van der Waals surface area contributed by atoms with E-state index in [9.17, 15) is 4.79 Å². The van der Waals surface area contributed by atoms with Crippen LogP contribution in [-0.4, -0.2) is 35.2 Å². The highest BCUT2D eigenvalue weighted by molar-refractivity contribution is 5.87. The number of ether oxygens (including phenoxy) is 1. The predicted octanol–water partition coefficient (Wildman–Crippen LogP) is 3.16. The number of aromatic carboxylic acids is 1. The van der Waals surface area contributed by atoms with Crippen LogP contribution in [0.3, 0.4) is 0 Å². The van der Waals surface area contributed by atoms with Crippen molar-refractivity contribution in [3.63, 3.8) is 0 Å². The number of carbonyl (C=O) groups is 1. The maximum absolute atomic E-state index is 11.1. The van der Waals surface area contributed by atoms with Gasteiger partial charge >= 0.3 is 5.97 Å². The summed E-state index contributed by atoms with van der Waals surface area (Å²) in [5.41, 5.74) is 1.30. The van der Waals surface area contributed by atoms with Crippen molar-refractivity contribution < 1.29 is 19.1 Å². The van der Waals surface area contributed by atoms with Gasteiger partial charge in [-0.3, -0.25) is 4.90 Å². The normalized spacial score (nSPS) is 17.7. The number of hydrogen-bond donors (Lipinski definition) is 1. The van der Waals surface area contributed by atoms with Crippen LogP contribution in [0.2, 0.25) is 0 Å². The molecule has 0 aliphatic carbocycles. The molecule has 1 aromatic heterocycles. The summed E-state index contributed by atoms with van der Waals surface area (Å²) in [5.74, 6) is 0.000877. The minimum atomic E-state index is -0.899. The molecule has 1 fully saturated rings. The molecule has 1 saturated heterocycles. The van der Waals surface area contributed by atoms with Crippen molar-refractivity contribution in [1.29, 1.82) is 0 Å². The van der Waals surface area contributed by atoms with Gasteiger partial charge in [-0.1, -0.05) is 12.1 Å². The fraction of sp³-hybridized carbons (Fsp3) is 0.389. The summed E-state index contributed by atoms with van der Waals surface area (Å²) < 4.78 is 11.2. The molecule has 1 aliphatic heterocycles. The van der Waals surface area contributed by atoms with Crippen molar-refractivity contribution in [3.05, 3.63) is 59.5 Å². The molecule has 0 saturated carbocycles. The lowest BCUT2D eigenvalue weighted by Crippen LogP contribution is -2.31. The molecule has 0 amide bonds. The fourth-order valence-electron chi connectivity index (χ4n) is 2.95. The summed E-state index contributed by atoms with van der Waals surface area (Å²) in [5, 5.41) is 9.13. The van der Waals surface area contributed by atoms with Gasteiger partial charge < -0.3 is 14.3 Å². The summed E-state index contributed by atoms with van der Waals surface area (Å²) in [6.07, 6.45) is 4.09. The first-order valence-electron chi connectivity index (χ1n) is 7.89. The molecule has 1 N–H and O–H groups in total. The van der Waals surface area contributed by atoms with Crippen LogP contribution in [0.15, 0.2) is 47.1 Å². The highest BCUT2D eigenvalue weighted by Gasteiger charge is 2.20. The van der Waals surface area contributed by atoms with Gasteiger partial charge in [0.25, 0.3) is 0 Å². The molecule has 23 heavy (non-hydrogen) atoms. The Hall–Kier alpha value is -2.11. The highest BCUT2D eigenvalue weighted by atomic mass is 16.5. The number of furan rings is 1. The van der Waals surface area contributed by atoms with Gasteiger partial charge in [-0.25, -0.2) is 4.79 Å². The first kappa shape index (κ1) is 15.8. The third-order valence-electron chi connectivity index (χ3n) is 4.03. The van der Waals surface area contributed by atoms with E-state index >= 15 is 0 Å². The van der Waals surface area contributed by atoms with E-state index in [4.69, 9.17) is 14.3 Å². The van der Waals surface area contributed by atoms with Gasteiger partial charge in [-0.2, -0.15) is 0 Å². The Morgan fingerprint density at radius 3 is 2.87 bits per heavy atom. The second kappa shape index (κ2) is 7.44. The van der Waals surface area contributed by atoms with Crippen LogP contribution in [0.4, 0.5) is 0 Å². The van der Waals surface area contributed by atoms with Gasteiger partial charge in [0.05, 0.1) is 24.5 Å². The molecule has 1 aliphatic rings. The Balaban J connectivity index is 1.71. The van der Waals surface area contributed by atoms with Crippen LogP contribution in [0.25, 0.3) is 0 Å². The van der Waals surface area contributed by atoms with Gasteiger partial charge in [0.1, 0.15) is 5.76 Å². The highest BCUT2D eigenvalue weighted by Crippen LogP contribution is 2.18. The fourth-order valence-corrected chi connectivity index (χ4v) is 2.95. The van der Waals surface area contributed by atoms with E-state index in [0.717, 1.165) is 37.3 Å². The molecule has 0 radical (unpaired) electrons. The van der Waals surface area contributed by atoms with Crippen LogP contribution in [-0.2, 0) is 17.8 Å². The lowest BCUT2D eigenvalue weighted by atomic mass is 10.1. The minimum Gasteiger partial charge on any atom is -0.478 e. The Labute approximate surface area is 135 Å². The average Bonchev–Trinajstić information content (AvgIpc) is 3.21. The molecule has 1 unspecified atom stereocenters. The molecule has 3 rings (SSSR count). The SMILES string of the molecule is O=C(O)c1cccc(CN(Cc2ccco2)CC2CCCO2)c1. The number of nitrogens with zero attached hydrogens (tertiary/aromatic N) is 1. The van der Waals surface area contributed by atoms with Crippen molar-refractivity contribution in [2.24, 2.45) is 0 Å². The number of rotatable bonds is 7. The van der Waals surface area contributed by atoms with E-state index < -0.39 is 5.97 Å². The first-order chi connectivity index (χ1) is 11.2. The molecule has 1 aromatic carbocycles. The van der Waals surface area contributed by atoms with Gasteiger partial charge in [-0.15, -0.1) is 0 Å². The van der Waals surface area contributed by atoms with Gasteiger partial charge in [0, 0.05) is 19.7 Å². The second-order valence-electron chi connectivity index (χ2n) is 5.89. The average molecular weight is 315 g/mol. The van der Waals surface area contributed by atoms with Crippen molar-refractivity contribution in [2.75, 3.05) is 13.2 Å². The molecule has 1 atom stereocenters. The molecular weight excluding hydrogens is 294 g/mol. The van der Waals surface area contributed by atoms with Crippen molar-refractivity contribution in [2.45, 2.75) is 32.0 Å². The van der Waals surface area contributed by atoms with E-state index in [-0.39, 0.29) is 6.10 Å². The van der Waals surface area contributed by atoms with Gasteiger partial charge in [0.15, 0.2) is 0 Å². The quantitative estimate of drug-likeness (QED) is 0.850. The third-order valence-corrected chi connectivity index (χ3v) is 4.03. The Kier molecular flexibility index (Phi) is 5.10. The maximum Gasteiger partial charge on any atom is 0.335 e. The number of carboxylic acid groups (broad SMARTS) is 1. The molecular formula is C18H21NO4. The summed E-state index contributed by atoms with van der Waals surface area (Å²) in [6.45, 7) is 3.00. The summed E-state index contributed by atoms with van der Waals surface area (Å²) in [7, 11) is 0. The number of hydrogen-bond acceptors (Lipinski definition) is 4. The van der Waals surface area contributed by atoms with Crippen LogP contribution in [0, 0.1) is 0 Å². The molecule has 5 heteroatoms. The molecule has 2 aromatic rings. The van der Waals surface area contributed by atoms with Crippen molar-refractivity contribution in [3.8, 4) is 0 Å². The summed E-state index contributed by atoms with van der Waals surface area (Å²) in [6, 6.07) is 10.9. The molecule has 5 nitrogen and oxygen atoms in total. The standard InChI is InChI=1S/C18H21NO4/c20-18(21)15-5-1-4-14(10-15)11-19(12-16-6-2-8-22-16)13-17-7-3-9-23-17/h1-2,4-6,8,10,17H,3,7,9,11-13H2,(H,20,21). The molecule has 122 valence electrons. The third kappa shape index (κ3) is 4.43. The first-order valence-corrected chi connectivity index (χ1v) is 7.89. The molecule has 2 heterocycles. The summed E-state index contributed by atoms with van der Waals surface area (Å²) >= 11 is 0. The number of benzene rings is 1. The zero-order valence-electron chi connectivity index (χ0n) is 13.0. The van der Waals surface area contributed by atoms with E-state index in [0.29, 0.717) is 18.7 Å². The lowest BCUT2D eigenvalue weighted by molar-refractivity contribution is 0.0651. The van der Waals surface area contributed by atoms with Crippen molar-refractivity contribution in [1.82, 2.24) is 4.90 Å². The van der Waals surface area contributed by atoms with Crippen LogP contribution >= 0.6 is 0 Å². The zero-order chi connectivity index (χ0) is 16.1. The zero-order valence-corrected chi connectivity index (χ0v) is 13.0. The second-order valence-corrected chi connectivity index (χ2v) is 5.89. The summed E-state index contributed by atoms with van der Waals surface area (Å²) in [4.78, 5) is 13.4. The van der Waals surface area contributed by atoms with E-state index in [1.165, 1.54) is 0 Å².